The quantitative estimate of drug-likeness (QED) is 0.428. The molecule has 0 spiro atoms. The van der Waals surface area contributed by atoms with Gasteiger partial charge in [0.05, 0.1) is 13.2 Å². The van der Waals surface area contributed by atoms with Crippen LogP contribution in [0.4, 0.5) is 0 Å². The third kappa shape index (κ3) is 7.33. The van der Waals surface area contributed by atoms with Gasteiger partial charge in [0.25, 0.3) is 0 Å². The second-order valence-electron chi connectivity index (χ2n) is 1.98. The zero-order chi connectivity index (χ0) is 8.53. The third-order valence-electron chi connectivity index (χ3n) is 1.09. The molecule has 0 aromatic carbocycles. The Labute approximate surface area is 67.7 Å². The molecule has 0 bridgehead atoms. The molecule has 0 unspecified atom stereocenters. The molecule has 0 fully saturated rings. The van der Waals surface area contributed by atoms with E-state index in [1.807, 2.05) is 0 Å². The predicted molar refractivity (Wildman–Crippen MR) is 41.0 cm³/mol. The van der Waals surface area contributed by atoms with Gasteiger partial charge in [-0.15, -0.1) is 0 Å². The Balaban J connectivity index is 3.04. The smallest absolute Gasteiger partial charge is 0.305 e. The lowest BCUT2D eigenvalue weighted by molar-refractivity contribution is -0.143. The average molecular weight is 158 g/mol. The Kier molecular flexibility index (Phi) is 7.15. The summed E-state index contributed by atoms with van der Waals surface area (Å²) >= 11 is 0. The molecule has 11 heavy (non-hydrogen) atoms. The second kappa shape index (κ2) is 7.54. The monoisotopic (exact) mass is 158 g/mol. The first-order chi connectivity index (χ1) is 5.31. The zero-order valence-electron chi connectivity index (χ0n) is 6.84. The molecule has 0 aromatic heterocycles. The van der Waals surface area contributed by atoms with Gasteiger partial charge in [-0.25, -0.2) is 0 Å². The number of carbonyl (C=O) groups is 1. The van der Waals surface area contributed by atoms with Gasteiger partial charge >= 0.3 is 5.97 Å². The highest BCUT2D eigenvalue weighted by Crippen LogP contribution is 1.92. The van der Waals surface area contributed by atoms with E-state index in [1.54, 1.807) is 6.92 Å². The van der Waals surface area contributed by atoms with E-state index in [2.05, 4.69) is 0 Å². The number of hydrogen-bond donors (Lipinski definition) is 0. The van der Waals surface area contributed by atoms with E-state index >= 15 is 0 Å². The van der Waals surface area contributed by atoms with Gasteiger partial charge in [0.15, 0.2) is 0 Å². The first kappa shape index (κ1) is 10.4. The molecule has 0 N–H and O–H groups in total. The van der Waals surface area contributed by atoms with Crippen LogP contribution in [0.15, 0.2) is 0 Å². The molecule has 0 atom stereocenters. The number of hydrogen-bond acceptors (Lipinski definition) is 3. The van der Waals surface area contributed by atoms with Gasteiger partial charge in [0, 0.05) is 13.0 Å². The maximum Gasteiger partial charge on any atom is 0.305 e. The molecule has 0 saturated heterocycles. The normalized spacial score (nSPS) is 9.64. The second-order valence-corrected chi connectivity index (χ2v) is 1.98. The fourth-order valence-electron chi connectivity index (χ4n) is 0.635. The molecule has 0 aliphatic carbocycles. The summed E-state index contributed by atoms with van der Waals surface area (Å²) in [5.41, 5.74) is 0. The molecule has 0 amide bonds. The molecular formula is C8H14O3. The Hall–Kier alpha value is -0.570. The number of carbonyl (C=O) groups excluding carboxylic acids is 1. The van der Waals surface area contributed by atoms with Gasteiger partial charge in [-0.1, -0.05) is 0 Å². The van der Waals surface area contributed by atoms with E-state index < -0.39 is 0 Å². The van der Waals surface area contributed by atoms with Crippen molar-refractivity contribution in [1.82, 2.24) is 0 Å². The number of rotatable bonds is 6. The molecule has 0 rings (SSSR count). The average Bonchev–Trinajstić information content (AvgIpc) is 1.99. The number of esters is 1. The highest BCUT2D eigenvalue weighted by atomic mass is 16.5. The Morgan fingerprint density at radius 1 is 1.55 bits per heavy atom. The van der Waals surface area contributed by atoms with Crippen molar-refractivity contribution < 1.29 is 14.3 Å². The maximum absolute atomic E-state index is 10.7. The van der Waals surface area contributed by atoms with Crippen LogP contribution in [0.1, 0.15) is 19.8 Å². The van der Waals surface area contributed by atoms with E-state index in [0.717, 1.165) is 0 Å². The predicted octanol–water partition coefficient (Wildman–Crippen LogP) is 1.06. The topological polar surface area (TPSA) is 35.5 Å². The van der Waals surface area contributed by atoms with Gasteiger partial charge in [-0.3, -0.25) is 4.79 Å². The molecule has 0 heterocycles. The van der Waals surface area contributed by atoms with Crippen molar-refractivity contribution in [2.45, 2.75) is 19.8 Å². The molecule has 3 heteroatoms. The highest BCUT2D eigenvalue weighted by molar-refractivity contribution is 5.69. The summed E-state index contributed by atoms with van der Waals surface area (Å²) < 4.78 is 9.53. The molecule has 0 aliphatic heterocycles. The number of ether oxygens (including phenoxy) is 2. The standard InChI is InChI=1S/C8H14O3/c1-3-10-7-5-6-8(9)11-4-2/h1H,3-7H2,2H3. The van der Waals surface area contributed by atoms with Gasteiger partial charge in [0.2, 0.25) is 0 Å². The van der Waals surface area contributed by atoms with Crippen molar-refractivity contribution in [1.29, 1.82) is 0 Å². The van der Waals surface area contributed by atoms with E-state index in [0.29, 0.717) is 26.1 Å². The van der Waals surface area contributed by atoms with Crippen molar-refractivity contribution in [3.8, 4) is 0 Å². The summed E-state index contributed by atoms with van der Waals surface area (Å²) in [7, 11) is 0. The largest absolute Gasteiger partial charge is 0.466 e. The van der Waals surface area contributed by atoms with Crippen LogP contribution in [0, 0.1) is 6.92 Å². The SMILES string of the molecule is [CH]COCCCC(=O)OCC. The maximum atomic E-state index is 10.7. The van der Waals surface area contributed by atoms with Gasteiger partial charge in [-0.2, -0.15) is 0 Å². The van der Waals surface area contributed by atoms with Crippen molar-refractivity contribution >= 4 is 5.97 Å². The highest BCUT2D eigenvalue weighted by Gasteiger charge is 1.99. The summed E-state index contributed by atoms with van der Waals surface area (Å²) in [6.45, 7) is 8.03. The molecule has 0 aliphatic rings. The van der Waals surface area contributed by atoms with Crippen LogP contribution < -0.4 is 0 Å². The van der Waals surface area contributed by atoms with Crippen LogP contribution in [0.3, 0.4) is 0 Å². The molecule has 0 aromatic rings. The van der Waals surface area contributed by atoms with Crippen molar-refractivity contribution in [3.63, 3.8) is 0 Å². The molecule has 2 radical (unpaired) electrons. The lowest BCUT2D eigenvalue weighted by Gasteiger charge is -2.01. The molecule has 3 nitrogen and oxygen atoms in total. The van der Waals surface area contributed by atoms with E-state index in [-0.39, 0.29) is 12.6 Å². The van der Waals surface area contributed by atoms with Crippen LogP contribution in [0.25, 0.3) is 0 Å². The zero-order valence-corrected chi connectivity index (χ0v) is 6.84. The summed E-state index contributed by atoms with van der Waals surface area (Å²) in [4.78, 5) is 10.7. The van der Waals surface area contributed by atoms with Crippen LogP contribution in [-0.2, 0) is 14.3 Å². The summed E-state index contributed by atoms with van der Waals surface area (Å²) in [5.74, 6) is -0.173. The van der Waals surface area contributed by atoms with Crippen molar-refractivity contribution in [2.24, 2.45) is 0 Å². The Morgan fingerprint density at radius 2 is 2.27 bits per heavy atom. The summed E-state index contributed by atoms with van der Waals surface area (Å²) in [6, 6.07) is 0. The van der Waals surface area contributed by atoms with E-state index in [9.17, 15) is 4.79 Å². The van der Waals surface area contributed by atoms with Crippen molar-refractivity contribution in [2.75, 3.05) is 19.8 Å². The molecule has 0 saturated carbocycles. The van der Waals surface area contributed by atoms with Gasteiger partial charge in [-0.05, 0) is 20.3 Å². The molecular weight excluding hydrogens is 144 g/mol. The van der Waals surface area contributed by atoms with E-state index in [1.165, 1.54) is 0 Å². The van der Waals surface area contributed by atoms with Crippen LogP contribution >= 0.6 is 0 Å². The van der Waals surface area contributed by atoms with Crippen LogP contribution in [0.2, 0.25) is 0 Å². The van der Waals surface area contributed by atoms with Crippen molar-refractivity contribution in [3.05, 3.63) is 6.92 Å². The first-order valence-electron chi connectivity index (χ1n) is 3.74. The van der Waals surface area contributed by atoms with Gasteiger partial charge in [0.1, 0.15) is 0 Å². The molecule has 64 valence electrons. The first-order valence-corrected chi connectivity index (χ1v) is 3.74. The van der Waals surface area contributed by atoms with Gasteiger partial charge < -0.3 is 9.47 Å². The minimum absolute atomic E-state index is 0.173. The fraction of sp³-hybridized carbons (Fsp3) is 0.750. The van der Waals surface area contributed by atoms with Crippen LogP contribution in [-0.4, -0.2) is 25.8 Å². The summed E-state index contributed by atoms with van der Waals surface area (Å²) in [5, 5.41) is 0. The lowest BCUT2D eigenvalue weighted by Crippen LogP contribution is -2.05. The summed E-state index contributed by atoms with van der Waals surface area (Å²) in [6.07, 6.45) is 1.09. The van der Waals surface area contributed by atoms with Crippen LogP contribution in [0.5, 0.6) is 0 Å². The Morgan fingerprint density at radius 3 is 2.82 bits per heavy atom. The fourth-order valence-corrected chi connectivity index (χ4v) is 0.635. The Bertz CT molecular complexity index is 102. The van der Waals surface area contributed by atoms with E-state index in [4.69, 9.17) is 16.4 Å². The minimum Gasteiger partial charge on any atom is -0.466 e. The lowest BCUT2D eigenvalue weighted by atomic mass is 10.3. The third-order valence-corrected chi connectivity index (χ3v) is 1.09. The minimum atomic E-state index is -0.173.